The Morgan fingerprint density at radius 1 is 1.32 bits per heavy atom. The Morgan fingerprint density at radius 3 is 2.77 bits per heavy atom. The number of hydrogen-bond donors (Lipinski definition) is 0. The topological polar surface area (TPSA) is 39.2 Å². The van der Waals surface area contributed by atoms with Gasteiger partial charge in [0.05, 0.1) is 11.6 Å². The summed E-state index contributed by atoms with van der Waals surface area (Å²) < 4.78 is 6.49. The van der Waals surface area contributed by atoms with Crippen molar-refractivity contribution in [2.45, 2.75) is 33.3 Å². The number of carbonyl (C=O) groups excluding carboxylic acids is 1. The van der Waals surface area contributed by atoms with Crippen LogP contribution in [-0.4, -0.2) is 17.1 Å². The molecule has 1 aromatic rings. The van der Waals surface area contributed by atoms with E-state index in [0.29, 0.717) is 23.7 Å². The molecule has 6 atom stereocenters. The maximum atomic E-state index is 12.1. The van der Waals surface area contributed by atoms with Crippen molar-refractivity contribution in [3.63, 3.8) is 0 Å². The summed E-state index contributed by atoms with van der Waals surface area (Å²) >= 11 is 3.40. The lowest BCUT2D eigenvalue weighted by molar-refractivity contribution is -0.144. The molecule has 0 N–H and O–H groups in total. The molecule has 4 heteroatoms. The summed E-state index contributed by atoms with van der Waals surface area (Å²) in [7, 11) is 0. The fraction of sp³-hybridized carbons (Fsp3) is 0.556. The average Bonchev–Trinajstić information content (AvgIpc) is 2.76. The molecular weight excluding hydrogens is 342 g/mol. The van der Waals surface area contributed by atoms with Gasteiger partial charge in [-0.1, -0.05) is 19.9 Å². The number of pyridine rings is 1. The number of esters is 1. The number of fused-ring (bicyclic) bond motifs is 1. The number of allylic oxidation sites excluding steroid dienone is 1. The van der Waals surface area contributed by atoms with Crippen LogP contribution in [0.3, 0.4) is 0 Å². The Balaban J connectivity index is 1.85. The molecule has 1 aromatic heterocycles. The maximum Gasteiger partial charge on any atom is 0.309 e. The molecule has 118 valence electrons. The van der Waals surface area contributed by atoms with E-state index < -0.39 is 0 Å². The SMILES string of the molecule is C[C@H]1[C@H](C=Cc2ccc(Br)cn2)[C@@H]2[C@@H](C)OC(=O)[C@@H]2C[C@@H]1C. The van der Waals surface area contributed by atoms with Gasteiger partial charge in [0.2, 0.25) is 0 Å². The first kappa shape index (κ1) is 15.7. The van der Waals surface area contributed by atoms with Gasteiger partial charge in [0.15, 0.2) is 0 Å². The standard InChI is InChI=1S/C18H22BrNO2/c1-10-8-16-17(12(3)22-18(16)21)15(11(10)2)7-6-14-5-4-13(19)9-20-14/h4-7,9-12,15-17H,8H2,1-3H3/t10-,11+,12+,15-,16+,17-/m0/s1. The predicted octanol–water partition coefficient (Wildman–Crippen LogP) is 4.33. The highest BCUT2D eigenvalue weighted by molar-refractivity contribution is 9.10. The minimum Gasteiger partial charge on any atom is -0.462 e. The van der Waals surface area contributed by atoms with Crippen LogP contribution in [0.2, 0.25) is 0 Å². The molecular formula is C18H22BrNO2. The lowest BCUT2D eigenvalue weighted by Gasteiger charge is -2.40. The van der Waals surface area contributed by atoms with Gasteiger partial charge in [-0.3, -0.25) is 9.78 Å². The molecule has 3 rings (SSSR count). The van der Waals surface area contributed by atoms with E-state index in [0.717, 1.165) is 16.6 Å². The van der Waals surface area contributed by atoms with E-state index in [1.807, 2.05) is 19.1 Å². The predicted molar refractivity (Wildman–Crippen MR) is 89.9 cm³/mol. The number of carbonyl (C=O) groups is 1. The van der Waals surface area contributed by atoms with Gasteiger partial charge in [0.1, 0.15) is 6.10 Å². The molecule has 2 aliphatic rings. The zero-order valence-corrected chi connectivity index (χ0v) is 14.8. The van der Waals surface area contributed by atoms with Crippen molar-refractivity contribution in [1.82, 2.24) is 4.98 Å². The second-order valence-electron chi connectivity index (χ2n) is 6.74. The van der Waals surface area contributed by atoms with E-state index in [-0.39, 0.29) is 18.0 Å². The minimum atomic E-state index is -0.00332. The molecule has 0 spiro atoms. The molecule has 0 bridgehead atoms. The first-order valence-electron chi connectivity index (χ1n) is 7.97. The van der Waals surface area contributed by atoms with E-state index in [2.05, 4.69) is 46.9 Å². The Labute approximate surface area is 140 Å². The van der Waals surface area contributed by atoms with Gasteiger partial charge in [0.25, 0.3) is 0 Å². The van der Waals surface area contributed by atoms with E-state index in [1.165, 1.54) is 0 Å². The second-order valence-corrected chi connectivity index (χ2v) is 7.65. The maximum absolute atomic E-state index is 12.1. The number of halogens is 1. The van der Waals surface area contributed by atoms with Gasteiger partial charge in [-0.15, -0.1) is 0 Å². The van der Waals surface area contributed by atoms with Crippen LogP contribution in [0.5, 0.6) is 0 Å². The Bertz CT molecular complexity index is 583. The molecule has 2 fully saturated rings. The first-order chi connectivity index (χ1) is 10.5. The van der Waals surface area contributed by atoms with Crippen LogP contribution in [0, 0.1) is 29.6 Å². The number of cyclic esters (lactones) is 1. The normalized spacial score (nSPS) is 38.1. The van der Waals surface area contributed by atoms with Gasteiger partial charge in [-0.05, 0) is 65.2 Å². The number of aromatic nitrogens is 1. The lowest BCUT2D eigenvalue weighted by atomic mass is 9.62. The zero-order chi connectivity index (χ0) is 15.9. The van der Waals surface area contributed by atoms with Crippen molar-refractivity contribution in [2.24, 2.45) is 29.6 Å². The molecule has 1 saturated carbocycles. The smallest absolute Gasteiger partial charge is 0.309 e. The van der Waals surface area contributed by atoms with Crippen LogP contribution in [0.1, 0.15) is 32.9 Å². The van der Waals surface area contributed by atoms with Gasteiger partial charge in [-0.25, -0.2) is 0 Å². The Hall–Kier alpha value is -1.16. The molecule has 3 nitrogen and oxygen atoms in total. The Kier molecular flexibility index (Phi) is 4.40. The van der Waals surface area contributed by atoms with Crippen molar-refractivity contribution in [3.8, 4) is 0 Å². The molecule has 0 aromatic carbocycles. The molecule has 1 saturated heterocycles. The summed E-state index contributed by atoms with van der Waals surface area (Å²) in [5.41, 5.74) is 0.947. The molecule has 0 radical (unpaired) electrons. The quantitative estimate of drug-likeness (QED) is 0.734. The van der Waals surface area contributed by atoms with Gasteiger partial charge in [0, 0.05) is 16.6 Å². The highest BCUT2D eigenvalue weighted by Crippen LogP contribution is 2.48. The fourth-order valence-corrected chi connectivity index (χ4v) is 4.25. The molecule has 1 aliphatic carbocycles. The molecule has 0 unspecified atom stereocenters. The molecule has 0 amide bonds. The number of ether oxygens (including phenoxy) is 1. The summed E-state index contributed by atoms with van der Waals surface area (Å²) in [4.78, 5) is 16.5. The second kappa shape index (κ2) is 6.15. The summed E-state index contributed by atoms with van der Waals surface area (Å²) in [5.74, 6) is 1.80. The molecule has 22 heavy (non-hydrogen) atoms. The first-order valence-corrected chi connectivity index (χ1v) is 8.77. The van der Waals surface area contributed by atoms with Crippen molar-refractivity contribution < 1.29 is 9.53 Å². The van der Waals surface area contributed by atoms with Crippen molar-refractivity contribution in [3.05, 3.63) is 34.6 Å². The minimum absolute atomic E-state index is 0.00332. The third-order valence-corrected chi connectivity index (χ3v) is 5.89. The fourth-order valence-electron chi connectivity index (χ4n) is 4.01. The van der Waals surface area contributed by atoms with E-state index in [1.54, 1.807) is 6.20 Å². The third kappa shape index (κ3) is 2.85. The Morgan fingerprint density at radius 2 is 2.09 bits per heavy atom. The van der Waals surface area contributed by atoms with Crippen LogP contribution < -0.4 is 0 Å². The zero-order valence-electron chi connectivity index (χ0n) is 13.2. The van der Waals surface area contributed by atoms with E-state index >= 15 is 0 Å². The molecule has 1 aliphatic heterocycles. The van der Waals surface area contributed by atoms with E-state index in [4.69, 9.17) is 4.74 Å². The summed E-state index contributed by atoms with van der Waals surface area (Å²) in [6.07, 6.45) is 7.10. The largest absolute Gasteiger partial charge is 0.462 e. The number of hydrogen-bond acceptors (Lipinski definition) is 3. The van der Waals surface area contributed by atoms with Gasteiger partial charge < -0.3 is 4.74 Å². The highest BCUT2D eigenvalue weighted by Gasteiger charge is 2.51. The van der Waals surface area contributed by atoms with Crippen LogP contribution in [0.4, 0.5) is 0 Å². The van der Waals surface area contributed by atoms with Crippen molar-refractivity contribution in [1.29, 1.82) is 0 Å². The highest BCUT2D eigenvalue weighted by atomic mass is 79.9. The molecule has 2 heterocycles. The van der Waals surface area contributed by atoms with Gasteiger partial charge >= 0.3 is 5.97 Å². The lowest BCUT2D eigenvalue weighted by Crippen LogP contribution is -2.39. The summed E-state index contributed by atoms with van der Waals surface area (Å²) in [5, 5.41) is 0. The van der Waals surface area contributed by atoms with Crippen LogP contribution in [0.25, 0.3) is 6.08 Å². The summed E-state index contributed by atoms with van der Waals surface area (Å²) in [6.45, 7) is 6.57. The summed E-state index contributed by atoms with van der Waals surface area (Å²) in [6, 6.07) is 3.99. The monoisotopic (exact) mass is 363 g/mol. The van der Waals surface area contributed by atoms with E-state index in [9.17, 15) is 4.79 Å². The van der Waals surface area contributed by atoms with Crippen LogP contribution >= 0.6 is 15.9 Å². The van der Waals surface area contributed by atoms with Gasteiger partial charge in [-0.2, -0.15) is 0 Å². The average molecular weight is 364 g/mol. The van der Waals surface area contributed by atoms with Crippen LogP contribution in [-0.2, 0) is 9.53 Å². The van der Waals surface area contributed by atoms with Crippen molar-refractivity contribution >= 4 is 28.0 Å². The number of nitrogens with zero attached hydrogens (tertiary/aromatic N) is 1. The van der Waals surface area contributed by atoms with Crippen molar-refractivity contribution in [2.75, 3.05) is 0 Å². The number of rotatable bonds is 2. The third-order valence-electron chi connectivity index (χ3n) is 5.43. The van der Waals surface area contributed by atoms with Crippen LogP contribution in [0.15, 0.2) is 28.9 Å².